The van der Waals surface area contributed by atoms with E-state index in [1.807, 2.05) is 19.1 Å². The standard InChI is InChI=1S/C6H7N.C4H6O5.Cu.H2O/c1-6-2-4-7-5-3-6;5-3(6)1-9-2-4(7)8;;/h2-5H,1H3;1-2H2,(H,5,6)(H,7,8);;1H2/q;;+2;/p-2. The van der Waals surface area contributed by atoms with E-state index in [1.165, 1.54) is 5.56 Å². The van der Waals surface area contributed by atoms with Gasteiger partial charge in [-0.05, 0) is 24.6 Å². The van der Waals surface area contributed by atoms with Gasteiger partial charge in [0.05, 0.1) is 25.2 Å². The number of aromatic nitrogens is 1. The number of carboxylic acids is 2. The van der Waals surface area contributed by atoms with E-state index in [-0.39, 0.29) is 22.5 Å². The molecule has 0 amide bonds. The Bertz CT molecular complexity index is 318. The first-order valence-corrected chi connectivity index (χ1v) is 4.36. The molecule has 0 spiro atoms. The number of aryl methyl sites for hydroxylation is 1. The van der Waals surface area contributed by atoms with Crippen molar-refractivity contribution in [2.45, 2.75) is 6.92 Å². The molecule has 0 bridgehead atoms. The molecular formula is C10H13CuNO6. The fourth-order valence-electron chi connectivity index (χ4n) is 0.644. The Labute approximate surface area is 115 Å². The van der Waals surface area contributed by atoms with Crippen LogP contribution in [0, 0.1) is 6.92 Å². The van der Waals surface area contributed by atoms with Crippen LogP contribution in [-0.2, 0) is 31.4 Å². The molecule has 7 nitrogen and oxygen atoms in total. The summed E-state index contributed by atoms with van der Waals surface area (Å²) in [5, 5.41) is 19.1. The molecule has 0 aliphatic carbocycles. The summed E-state index contributed by atoms with van der Waals surface area (Å²) in [7, 11) is 0. The molecule has 1 aromatic rings. The van der Waals surface area contributed by atoms with Crippen LogP contribution in [0.4, 0.5) is 0 Å². The average molecular weight is 307 g/mol. The molecule has 0 saturated heterocycles. The minimum atomic E-state index is -1.45. The summed E-state index contributed by atoms with van der Waals surface area (Å²) in [5.74, 6) is -2.90. The van der Waals surface area contributed by atoms with Crippen molar-refractivity contribution in [3.8, 4) is 0 Å². The Balaban J connectivity index is -0.000000229. The van der Waals surface area contributed by atoms with Crippen LogP contribution in [0.5, 0.6) is 0 Å². The summed E-state index contributed by atoms with van der Waals surface area (Å²) in [6, 6.07) is 3.94. The number of carbonyl (C=O) groups is 2. The van der Waals surface area contributed by atoms with Crippen molar-refractivity contribution in [3.63, 3.8) is 0 Å². The molecule has 1 radical (unpaired) electrons. The van der Waals surface area contributed by atoms with Crippen molar-refractivity contribution in [3.05, 3.63) is 30.1 Å². The third-order valence-electron chi connectivity index (χ3n) is 1.29. The van der Waals surface area contributed by atoms with E-state index >= 15 is 0 Å². The molecule has 0 aliphatic rings. The quantitative estimate of drug-likeness (QED) is 0.546. The topological polar surface area (TPSA) is 134 Å². The van der Waals surface area contributed by atoms with E-state index in [0.29, 0.717) is 0 Å². The molecule has 8 heteroatoms. The van der Waals surface area contributed by atoms with E-state index < -0.39 is 25.2 Å². The van der Waals surface area contributed by atoms with Gasteiger partial charge < -0.3 is 30.0 Å². The molecule has 18 heavy (non-hydrogen) atoms. The van der Waals surface area contributed by atoms with E-state index in [2.05, 4.69) is 9.72 Å². The largest absolute Gasteiger partial charge is 2.00 e. The number of aliphatic carboxylic acids is 2. The number of carbonyl (C=O) groups excluding carboxylic acids is 2. The van der Waals surface area contributed by atoms with Crippen LogP contribution in [0.15, 0.2) is 24.5 Å². The second-order valence-electron chi connectivity index (χ2n) is 2.76. The molecule has 0 saturated carbocycles. The van der Waals surface area contributed by atoms with E-state index in [9.17, 15) is 19.8 Å². The number of hydrogen-bond acceptors (Lipinski definition) is 6. The maximum atomic E-state index is 9.53. The molecule has 105 valence electrons. The van der Waals surface area contributed by atoms with Gasteiger partial charge in [0.25, 0.3) is 0 Å². The number of pyridine rings is 1. The summed E-state index contributed by atoms with van der Waals surface area (Å²) in [5.41, 5.74) is 1.26. The van der Waals surface area contributed by atoms with Gasteiger partial charge in [-0.1, -0.05) is 0 Å². The zero-order valence-electron chi connectivity index (χ0n) is 9.51. The summed E-state index contributed by atoms with van der Waals surface area (Å²) in [4.78, 5) is 22.9. The van der Waals surface area contributed by atoms with Crippen LogP contribution in [-0.4, -0.2) is 35.6 Å². The van der Waals surface area contributed by atoms with Crippen molar-refractivity contribution in [2.24, 2.45) is 0 Å². The second kappa shape index (κ2) is 13.6. The summed E-state index contributed by atoms with van der Waals surface area (Å²) >= 11 is 0. The Kier molecular flexibility index (Phi) is 16.4. The summed E-state index contributed by atoms with van der Waals surface area (Å²) in [6.07, 6.45) is 3.57. The normalized spacial score (nSPS) is 7.83. The van der Waals surface area contributed by atoms with Gasteiger partial charge >= 0.3 is 17.1 Å². The maximum absolute atomic E-state index is 9.53. The van der Waals surface area contributed by atoms with Gasteiger partial charge in [0.1, 0.15) is 0 Å². The Morgan fingerprint density at radius 3 is 1.78 bits per heavy atom. The van der Waals surface area contributed by atoms with Gasteiger partial charge in [-0.3, -0.25) is 4.98 Å². The maximum Gasteiger partial charge on any atom is 2.00 e. The van der Waals surface area contributed by atoms with E-state index in [1.54, 1.807) is 12.4 Å². The van der Waals surface area contributed by atoms with Crippen LogP contribution in [0.25, 0.3) is 0 Å². The fraction of sp³-hybridized carbons (Fsp3) is 0.300. The molecule has 0 fully saturated rings. The third-order valence-corrected chi connectivity index (χ3v) is 1.29. The first-order chi connectivity index (χ1) is 7.52. The smallest absolute Gasteiger partial charge is 0.548 e. The molecule has 0 unspecified atom stereocenters. The summed E-state index contributed by atoms with van der Waals surface area (Å²) in [6.45, 7) is 0.615. The zero-order chi connectivity index (χ0) is 12.4. The van der Waals surface area contributed by atoms with Gasteiger partial charge in [-0.25, -0.2) is 0 Å². The zero-order valence-corrected chi connectivity index (χ0v) is 10.5. The third kappa shape index (κ3) is 16.9. The van der Waals surface area contributed by atoms with Crippen molar-refractivity contribution in [2.75, 3.05) is 13.2 Å². The number of carboxylic acid groups (broad SMARTS) is 2. The Morgan fingerprint density at radius 2 is 1.56 bits per heavy atom. The van der Waals surface area contributed by atoms with Crippen LogP contribution >= 0.6 is 0 Å². The molecule has 0 aromatic carbocycles. The molecular weight excluding hydrogens is 294 g/mol. The monoisotopic (exact) mass is 306 g/mol. The van der Waals surface area contributed by atoms with Gasteiger partial charge in [0, 0.05) is 12.4 Å². The molecule has 1 rings (SSSR count). The number of hydrogen-bond donors (Lipinski definition) is 0. The fourth-order valence-corrected chi connectivity index (χ4v) is 0.644. The van der Waals surface area contributed by atoms with Gasteiger partial charge in [0.2, 0.25) is 0 Å². The van der Waals surface area contributed by atoms with Crippen molar-refractivity contribution < 1.29 is 47.1 Å². The predicted molar refractivity (Wildman–Crippen MR) is 53.4 cm³/mol. The molecule has 1 aromatic heterocycles. The second-order valence-corrected chi connectivity index (χ2v) is 2.76. The minimum Gasteiger partial charge on any atom is -0.548 e. The van der Waals surface area contributed by atoms with Crippen molar-refractivity contribution in [1.29, 1.82) is 0 Å². The van der Waals surface area contributed by atoms with Crippen LogP contribution in [0.3, 0.4) is 0 Å². The van der Waals surface area contributed by atoms with Crippen LogP contribution < -0.4 is 10.2 Å². The van der Waals surface area contributed by atoms with Crippen molar-refractivity contribution >= 4 is 11.9 Å². The molecule has 0 aliphatic heterocycles. The average Bonchev–Trinajstić information content (AvgIpc) is 2.18. The molecule has 1 heterocycles. The minimum absolute atomic E-state index is 0. The van der Waals surface area contributed by atoms with E-state index in [4.69, 9.17) is 0 Å². The number of rotatable bonds is 4. The summed E-state index contributed by atoms with van der Waals surface area (Å²) < 4.78 is 4.03. The first kappa shape index (κ1) is 21.8. The van der Waals surface area contributed by atoms with Gasteiger partial charge in [0.15, 0.2) is 0 Å². The molecule has 2 N–H and O–H groups in total. The van der Waals surface area contributed by atoms with Crippen LogP contribution in [0.1, 0.15) is 5.56 Å². The molecule has 0 atom stereocenters. The van der Waals surface area contributed by atoms with Crippen molar-refractivity contribution in [1.82, 2.24) is 4.98 Å². The first-order valence-electron chi connectivity index (χ1n) is 4.36. The predicted octanol–water partition coefficient (Wildman–Crippen LogP) is -2.93. The Hall–Kier alpha value is -1.47. The SMILES string of the molecule is Cc1ccncc1.O.O=C([O-])COCC(=O)[O-].[Cu+2]. The van der Waals surface area contributed by atoms with Gasteiger partial charge in [-0.2, -0.15) is 0 Å². The van der Waals surface area contributed by atoms with Crippen LogP contribution in [0.2, 0.25) is 0 Å². The number of nitrogens with zero attached hydrogens (tertiary/aromatic N) is 1. The van der Waals surface area contributed by atoms with Gasteiger partial charge in [-0.15, -0.1) is 0 Å². The number of ether oxygens (including phenoxy) is 1. The van der Waals surface area contributed by atoms with E-state index in [0.717, 1.165) is 0 Å². The Morgan fingerprint density at radius 1 is 1.17 bits per heavy atom.